The van der Waals surface area contributed by atoms with Crippen molar-refractivity contribution >= 4 is 0 Å². The Balaban J connectivity index is 1.54. The minimum Gasteiger partial charge on any atom is -0.496 e. The van der Waals surface area contributed by atoms with Crippen LogP contribution in [0.25, 0.3) is 0 Å². The number of aliphatic hydroxyl groups excluding tert-OH is 1. The highest BCUT2D eigenvalue weighted by molar-refractivity contribution is 5.35. The molecule has 1 aliphatic heterocycles. The topological polar surface area (TPSA) is 68.3 Å². The van der Waals surface area contributed by atoms with Crippen molar-refractivity contribution in [3.63, 3.8) is 0 Å². The fourth-order valence-corrected chi connectivity index (χ4v) is 3.55. The van der Waals surface area contributed by atoms with Crippen LogP contribution >= 0.6 is 0 Å². The number of hydrogen-bond acceptors (Lipinski definition) is 5. The Hall–Kier alpha value is -2.78. The van der Waals surface area contributed by atoms with E-state index in [4.69, 9.17) is 4.74 Å². The molecule has 0 unspecified atom stereocenters. The second kappa shape index (κ2) is 7.33. The van der Waals surface area contributed by atoms with Gasteiger partial charge in [-0.05, 0) is 24.3 Å². The molecule has 148 valence electrons. The normalized spacial score (nSPS) is 15.5. The molecule has 1 aromatic carbocycles. The molecule has 4 rings (SSSR count). The number of hydrogen-bond donors (Lipinski definition) is 1. The lowest BCUT2D eigenvalue weighted by Crippen LogP contribution is -2.33. The first kappa shape index (κ1) is 18.6. The average Bonchev–Trinajstić information content (AvgIpc) is 3.31. The van der Waals surface area contributed by atoms with Gasteiger partial charge < -0.3 is 9.84 Å². The molecule has 0 radical (unpaired) electrons. The van der Waals surface area contributed by atoms with E-state index in [1.165, 1.54) is 13.2 Å². The van der Waals surface area contributed by atoms with Crippen LogP contribution in [0.1, 0.15) is 28.7 Å². The summed E-state index contributed by atoms with van der Waals surface area (Å²) in [5, 5.41) is 19.2. The minimum absolute atomic E-state index is 0.200. The second-order valence-corrected chi connectivity index (χ2v) is 6.82. The quantitative estimate of drug-likeness (QED) is 0.723. The van der Waals surface area contributed by atoms with Gasteiger partial charge in [0.1, 0.15) is 11.9 Å². The van der Waals surface area contributed by atoms with Crippen molar-refractivity contribution in [2.75, 3.05) is 13.7 Å². The standard InChI is InChI=1S/C19H21F2N5O2/c1-24-16(5-6-22-24)19(27)15-9-12-10-25(7-8-26(12)23-15)11-13-17(28-2)4-3-14(20)18(13)21/h3-6,9,19,27H,7-8,10-11H2,1-2H3/t19-/m0/s1. The molecule has 3 aromatic rings. The maximum absolute atomic E-state index is 14.3. The molecule has 1 N–H and O–H groups in total. The molecule has 0 spiro atoms. The van der Waals surface area contributed by atoms with E-state index in [1.54, 1.807) is 24.0 Å². The van der Waals surface area contributed by atoms with Crippen molar-refractivity contribution in [3.05, 3.63) is 64.7 Å². The monoisotopic (exact) mass is 389 g/mol. The number of aromatic nitrogens is 4. The molecule has 0 saturated heterocycles. The summed E-state index contributed by atoms with van der Waals surface area (Å²) >= 11 is 0. The molecule has 1 atom stereocenters. The Kier molecular flexibility index (Phi) is 4.86. The number of fused-ring (bicyclic) bond motifs is 1. The van der Waals surface area contributed by atoms with Crippen LogP contribution in [0.3, 0.4) is 0 Å². The van der Waals surface area contributed by atoms with Crippen LogP contribution in [0.15, 0.2) is 30.5 Å². The fraction of sp³-hybridized carbons (Fsp3) is 0.368. The van der Waals surface area contributed by atoms with Gasteiger partial charge in [-0.3, -0.25) is 14.3 Å². The molecule has 2 aromatic heterocycles. The molecule has 0 saturated carbocycles. The summed E-state index contributed by atoms with van der Waals surface area (Å²) in [6.07, 6.45) is 0.747. The van der Waals surface area contributed by atoms with E-state index in [9.17, 15) is 13.9 Å². The van der Waals surface area contributed by atoms with Crippen molar-refractivity contribution in [1.82, 2.24) is 24.5 Å². The van der Waals surface area contributed by atoms with E-state index in [-0.39, 0.29) is 12.1 Å². The maximum Gasteiger partial charge on any atom is 0.167 e. The average molecular weight is 389 g/mol. The highest BCUT2D eigenvalue weighted by Crippen LogP contribution is 2.28. The Labute approximate surface area is 160 Å². The highest BCUT2D eigenvalue weighted by atomic mass is 19.2. The highest BCUT2D eigenvalue weighted by Gasteiger charge is 2.25. The summed E-state index contributed by atoms with van der Waals surface area (Å²) in [5.74, 6) is -1.45. The molecule has 0 amide bonds. The lowest BCUT2D eigenvalue weighted by atomic mass is 10.1. The minimum atomic E-state index is -0.889. The molecule has 7 nitrogen and oxygen atoms in total. The number of benzene rings is 1. The number of rotatable bonds is 5. The van der Waals surface area contributed by atoms with Crippen LogP contribution in [0, 0.1) is 11.6 Å². The second-order valence-electron chi connectivity index (χ2n) is 6.82. The molecule has 28 heavy (non-hydrogen) atoms. The largest absolute Gasteiger partial charge is 0.496 e. The third-order valence-electron chi connectivity index (χ3n) is 5.07. The number of methoxy groups -OCH3 is 1. The zero-order chi connectivity index (χ0) is 19.8. The van der Waals surface area contributed by atoms with E-state index in [2.05, 4.69) is 10.2 Å². The Bertz CT molecular complexity index is 1000. The fourth-order valence-electron chi connectivity index (χ4n) is 3.55. The van der Waals surface area contributed by atoms with Gasteiger partial charge in [0.05, 0.1) is 30.7 Å². The van der Waals surface area contributed by atoms with Crippen molar-refractivity contribution < 1.29 is 18.6 Å². The number of aryl methyl sites for hydroxylation is 1. The van der Waals surface area contributed by atoms with Crippen LogP contribution in [-0.4, -0.2) is 43.2 Å². The SMILES string of the molecule is COc1ccc(F)c(F)c1CN1CCn2nc([C@H](O)c3ccnn3C)cc2C1. The first-order chi connectivity index (χ1) is 13.5. The van der Waals surface area contributed by atoms with Gasteiger partial charge in [-0.25, -0.2) is 8.78 Å². The lowest BCUT2D eigenvalue weighted by Gasteiger charge is -2.28. The number of aliphatic hydroxyl groups is 1. The Morgan fingerprint density at radius 1 is 1.25 bits per heavy atom. The third kappa shape index (κ3) is 3.27. The number of halogens is 2. The van der Waals surface area contributed by atoms with Crippen LogP contribution in [0.4, 0.5) is 8.78 Å². The zero-order valence-corrected chi connectivity index (χ0v) is 15.6. The van der Waals surface area contributed by atoms with Crippen LogP contribution in [0.2, 0.25) is 0 Å². The van der Waals surface area contributed by atoms with E-state index in [0.29, 0.717) is 36.8 Å². The van der Waals surface area contributed by atoms with E-state index in [1.807, 2.05) is 15.6 Å². The van der Waals surface area contributed by atoms with Crippen molar-refractivity contribution in [3.8, 4) is 5.75 Å². The molecule has 1 aliphatic rings. The van der Waals surface area contributed by atoms with Crippen molar-refractivity contribution in [2.24, 2.45) is 7.05 Å². The van der Waals surface area contributed by atoms with Gasteiger partial charge in [-0.1, -0.05) is 0 Å². The van der Waals surface area contributed by atoms with Gasteiger partial charge >= 0.3 is 0 Å². The summed E-state index contributed by atoms with van der Waals surface area (Å²) in [6, 6.07) is 6.08. The van der Waals surface area contributed by atoms with Gasteiger partial charge in [-0.2, -0.15) is 10.2 Å². The third-order valence-corrected chi connectivity index (χ3v) is 5.07. The summed E-state index contributed by atoms with van der Waals surface area (Å²) in [4.78, 5) is 2.00. The van der Waals surface area contributed by atoms with Gasteiger partial charge in [0, 0.05) is 38.4 Å². The summed E-state index contributed by atoms with van der Waals surface area (Å²) in [6.45, 7) is 1.93. The predicted molar refractivity (Wildman–Crippen MR) is 96.5 cm³/mol. The van der Waals surface area contributed by atoms with Crippen LogP contribution in [-0.2, 0) is 26.7 Å². The predicted octanol–water partition coefficient (Wildman–Crippen LogP) is 2.00. The zero-order valence-electron chi connectivity index (χ0n) is 15.6. The van der Waals surface area contributed by atoms with Gasteiger partial charge in [0.25, 0.3) is 0 Å². The molecule has 3 heterocycles. The van der Waals surface area contributed by atoms with Gasteiger partial charge in [-0.15, -0.1) is 0 Å². The smallest absolute Gasteiger partial charge is 0.167 e. The van der Waals surface area contributed by atoms with Crippen LogP contribution in [0.5, 0.6) is 5.75 Å². The van der Waals surface area contributed by atoms with E-state index < -0.39 is 17.7 Å². The van der Waals surface area contributed by atoms with Gasteiger partial charge in [0.2, 0.25) is 0 Å². The Morgan fingerprint density at radius 2 is 2.07 bits per heavy atom. The van der Waals surface area contributed by atoms with Crippen molar-refractivity contribution in [2.45, 2.75) is 25.7 Å². The molecule has 0 bridgehead atoms. The lowest BCUT2D eigenvalue weighted by molar-refractivity contribution is 0.193. The summed E-state index contributed by atoms with van der Waals surface area (Å²) in [7, 11) is 3.20. The first-order valence-electron chi connectivity index (χ1n) is 8.93. The molecular formula is C19H21F2N5O2. The maximum atomic E-state index is 14.3. The van der Waals surface area contributed by atoms with Crippen LogP contribution < -0.4 is 4.74 Å². The molecule has 9 heteroatoms. The Morgan fingerprint density at radius 3 is 2.79 bits per heavy atom. The molecule has 0 fully saturated rings. The molecular weight excluding hydrogens is 368 g/mol. The van der Waals surface area contributed by atoms with E-state index >= 15 is 0 Å². The van der Waals surface area contributed by atoms with Crippen molar-refractivity contribution in [1.29, 1.82) is 0 Å². The summed E-state index contributed by atoms with van der Waals surface area (Å²) < 4.78 is 36.5. The van der Waals surface area contributed by atoms with Gasteiger partial charge in [0.15, 0.2) is 11.6 Å². The summed E-state index contributed by atoms with van der Waals surface area (Å²) in [5.41, 5.74) is 2.29. The number of ether oxygens (including phenoxy) is 1. The first-order valence-corrected chi connectivity index (χ1v) is 8.93. The number of nitrogens with zero attached hydrogens (tertiary/aromatic N) is 5. The molecule has 0 aliphatic carbocycles. The van der Waals surface area contributed by atoms with E-state index in [0.717, 1.165) is 11.8 Å².